The first kappa shape index (κ1) is 28.6. The van der Waals surface area contributed by atoms with Crippen molar-refractivity contribution in [2.24, 2.45) is 0 Å². The molecule has 0 aliphatic carbocycles. The number of nitrogens with one attached hydrogen (secondary N) is 1. The van der Waals surface area contributed by atoms with Crippen LogP contribution in [-0.4, -0.2) is 43.5 Å². The van der Waals surface area contributed by atoms with E-state index in [1.807, 2.05) is 66.5 Å². The van der Waals surface area contributed by atoms with Crippen LogP contribution in [0.25, 0.3) is 22.3 Å². The number of esters is 1. The van der Waals surface area contributed by atoms with Gasteiger partial charge < -0.3 is 10.1 Å². The van der Waals surface area contributed by atoms with Gasteiger partial charge in [0.25, 0.3) is 5.91 Å². The molecule has 4 aromatic rings. The maximum Gasteiger partial charge on any atom is 0.416 e. The number of halogens is 3. The van der Waals surface area contributed by atoms with Gasteiger partial charge in [0.05, 0.1) is 12.7 Å². The summed E-state index contributed by atoms with van der Waals surface area (Å²) >= 11 is 0. The summed E-state index contributed by atoms with van der Waals surface area (Å²) in [7, 11) is 3.12. The van der Waals surface area contributed by atoms with E-state index >= 15 is 0 Å². The first-order chi connectivity index (χ1) is 19.1. The number of ether oxygens (including phenoxy) is 1. The zero-order valence-corrected chi connectivity index (χ0v) is 22.1. The Morgan fingerprint density at radius 3 is 1.80 bits per heavy atom. The van der Waals surface area contributed by atoms with E-state index in [4.69, 9.17) is 4.74 Å². The lowest BCUT2D eigenvalue weighted by molar-refractivity contribution is -0.143. The number of hydrogen-bond acceptors (Lipinski definition) is 4. The van der Waals surface area contributed by atoms with E-state index in [2.05, 4.69) is 5.32 Å². The summed E-state index contributed by atoms with van der Waals surface area (Å²) in [5.41, 5.74) is 4.12. The number of rotatable bonds is 9. The Hall–Kier alpha value is -4.43. The molecule has 4 rings (SSSR count). The standard InChI is InChI=1S/C32H29F3N2O3/c1-37(20-22-8-10-24(11-9-22)23-6-4-3-5-7-23)21-29(31(39)40-2)36-30(38)27-14-12-25(13-15-27)26-16-18-28(19-17-26)32(33,34)35/h3-19,29H,20-21H2,1-2H3,(H,36,38)/t29-/m0/s1. The maximum absolute atomic E-state index is 12.9. The Balaban J connectivity index is 1.38. The lowest BCUT2D eigenvalue weighted by Gasteiger charge is -2.23. The highest BCUT2D eigenvalue weighted by Gasteiger charge is 2.30. The summed E-state index contributed by atoms with van der Waals surface area (Å²) in [6.07, 6.45) is -4.41. The number of alkyl halides is 3. The Bertz CT molecular complexity index is 1420. The van der Waals surface area contributed by atoms with Crippen molar-refractivity contribution in [1.82, 2.24) is 10.2 Å². The normalized spacial score (nSPS) is 12.2. The number of likely N-dealkylation sites (N-methyl/N-ethyl adjacent to an activating group) is 1. The monoisotopic (exact) mass is 546 g/mol. The second kappa shape index (κ2) is 12.6. The Morgan fingerprint density at radius 1 is 0.775 bits per heavy atom. The molecule has 0 unspecified atom stereocenters. The van der Waals surface area contributed by atoms with E-state index < -0.39 is 29.7 Å². The third kappa shape index (κ3) is 7.36. The van der Waals surface area contributed by atoms with Gasteiger partial charge in [0.1, 0.15) is 6.04 Å². The van der Waals surface area contributed by atoms with E-state index in [0.717, 1.165) is 28.8 Å². The lowest BCUT2D eigenvalue weighted by Crippen LogP contribution is -2.48. The molecule has 5 nitrogen and oxygen atoms in total. The number of carbonyl (C=O) groups excluding carboxylic acids is 2. The number of hydrogen-bond donors (Lipinski definition) is 1. The van der Waals surface area contributed by atoms with Crippen molar-refractivity contribution < 1.29 is 27.5 Å². The first-order valence-corrected chi connectivity index (χ1v) is 12.6. The van der Waals surface area contributed by atoms with Crippen LogP contribution in [0.15, 0.2) is 103 Å². The fraction of sp³-hybridized carbons (Fsp3) is 0.188. The molecule has 1 atom stereocenters. The van der Waals surface area contributed by atoms with Crippen LogP contribution in [-0.2, 0) is 22.3 Å². The van der Waals surface area contributed by atoms with Crippen LogP contribution >= 0.6 is 0 Å². The second-order valence-electron chi connectivity index (χ2n) is 9.46. The summed E-state index contributed by atoms with van der Waals surface area (Å²) in [5, 5.41) is 2.73. The number of nitrogens with zero attached hydrogens (tertiary/aromatic N) is 1. The maximum atomic E-state index is 12.9. The fourth-order valence-corrected chi connectivity index (χ4v) is 4.35. The lowest BCUT2D eigenvalue weighted by atomic mass is 10.0. The fourth-order valence-electron chi connectivity index (χ4n) is 4.35. The predicted octanol–water partition coefficient (Wildman–Crippen LogP) is 6.44. The van der Waals surface area contributed by atoms with Gasteiger partial charge in [-0.15, -0.1) is 0 Å². The SMILES string of the molecule is COC(=O)[C@H](CN(C)Cc1ccc(-c2ccccc2)cc1)NC(=O)c1ccc(-c2ccc(C(F)(F)F)cc2)cc1. The highest BCUT2D eigenvalue weighted by atomic mass is 19.4. The molecule has 0 spiro atoms. The van der Waals surface area contributed by atoms with Gasteiger partial charge in [0, 0.05) is 18.7 Å². The Kier molecular flexibility index (Phi) is 9.01. The van der Waals surface area contributed by atoms with E-state index in [0.29, 0.717) is 23.2 Å². The van der Waals surface area contributed by atoms with Crippen molar-refractivity contribution in [1.29, 1.82) is 0 Å². The van der Waals surface area contributed by atoms with E-state index in [1.54, 1.807) is 24.3 Å². The minimum absolute atomic E-state index is 0.225. The van der Waals surface area contributed by atoms with E-state index in [9.17, 15) is 22.8 Å². The molecule has 1 N–H and O–H groups in total. The molecule has 0 saturated heterocycles. The smallest absolute Gasteiger partial charge is 0.416 e. The summed E-state index contributed by atoms with van der Waals surface area (Å²) in [4.78, 5) is 27.3. The quantitative estimate of drug-likeness (QED) is 0.246. The van der Waals surface area contributed by atoms with Gasteiger partial charge in [0.2, 0.25) is 0 Å². The molecule has 0 aromatic heterocycles. The van der Waals surface area contributed by atoms with Gasteiger partial charge >= 0.3 is 12.1 Å². The number of amides is 1. The number of methoxy groups -OCH3 is 1. The van der Waals surface area contributed by atoms with Crippen molar-refractivity contribution in [2.45, 2.75) is 18.8 Å². The molecule has 0 radical (unpaired) electrons. The van der Waals surface area contributed by atoms with Crippen molar-refractivity contribution in [2.75, 3.05) is 20.7 Å². The highest BCUT2D eigenvalue weighted by molar-refractivity contribution is 5.97. The summed E-state index contributed by atoms with van der Waals surface area (Å²) in [6.45, 7) is 0.781. The molecule has 206 valence electrons. The number of carbonyl (C=O) groups is 2. The molecular formula is C32H29F3N2O3. The minimum Gasteiger partial charge on any atom is -0.467 e. The molecule has 40 heavy (non-hydrogen) atoms. The summed E-state index contributed by atoms with van der Waals surface area (Å²) in [5.74, 6) is -1.03. The van der Waals surface area contributed by atoms with Crippen LogP contribution in [0.3, 0.4) is 0 Å². The van der Waals surface area contributed by atoms with Crippen molar-refractivity contribution in [3.05, 3.63) is 120 Å². The molecule has 0 aliphatic rings. The third-order valence-electron chi connectivity index (χ3n) is 6.49. The molecule has 8 heteroatoms. The van der Waals surface area contributed by atoms with Gasteiger partial charge in [-0.1, -0.05) is 78.9 Å². The summed E-state index contributed by atoms with van der Waals surface area (Å²) in [6, 6.07) is 28.5. The van der Waals surface area contributed by atoms with Crippen molar-refractivity contribution in [3.63, 3.8) is 0 Å². The molecule has 0 aliphatic heterocycles. The van der Waals surface area contributed by atoms with Crippen molar-refractivity contribution >= 4 is 11.9 Å². The largest absolute Gasteiger partial charge is 0.467 e. The predicted molar refractivity (Wildman–Crippen MR) is 148 cm³/mol. The molecule has 4 aromatic carbocycles. The van der Waals surface area contributed by atoms with Crippen LogP contribution in [0.1, 0.15) is 21.5 Å². The van der Waals surface area contributed by atoms with Gasteiger partial charge in [-0.05, 0) is 59.1 Å². The zero-order valence-electron chi connectivity index (χ0n) is 22.1. The van der Waals surface area contributed by atoms with Gasteiger partial charge in [-0.25, -0.2) is 4.79 Å². The van der Waals surface area contributed by atoms with Crippen LogP contribution in [0.5, 0.6) is 0 Å². The topological polar surface area (TPSA) is 58.6 Å². The van der Waals surface area contributed by atoms with Gasteiger partial charge in [-0.2, -0.15) is 13.2 Å². The average Bonchev–Trinajstić information content (AvgIpc) is 2.97. The number of benzene rings is 4. The third-order valence-corrected chi connectivity index (χ3v) is 6.49. The highest BCUT2D eigenvalue weighted by Crippen LogP contribution is 2.31. The molecule has 0 bridgehead atoms. The van der Waals surface area contributed by atoms with E-state index in [-0.39, 0.29) is 6.54 Å². The zero-order chi connectivity index (χ0) is 28.7. The van der Waals surface area contributed by atoms with Crippen LogP contribution < -0.4 is 5.32 Å². The Morgan fingerprint density at radius 2 is 1.27 bits per heavy atom. The molecule has 0 fully saturated rings. The molecule has 1 amide bonds. The average molecular weight is 547 g/mol. The summed E-state index contributed by atoms with van der Waals surface area (Å²) < 4.78 is 43.4. The Labute approximate surface area is 231 Å². The van der Waals surface area contributed by atoms with Crippen molar-refractivity contribution in [3.8, 4) is 22.3 Å². The molecule has 0 heterocycles. The van der Waals surface area contributed by atoms with Gasteiger partial charge in [-0.3, -0.25) is 9.69 Å². The van der Waals surface area contributed by atoms with E-state index in [1.165, 1.54) is 19.2 Å². The van der Waals surface area contributed by atoms with Gasteiger partial charge in [0.15, 0.2) is 0 Å². The second-order valence-corrected chi connectivity index (χ2v) is 9.46. The van der Waals surface area contributed by atoms with Crippen LogP contribution in [0.4, 0.5) is 13.2 Å². The minimum atomic E-state index is -4.41. The van der Waals surface area contributed by atoms with Crippen LogP contribution in [0.2, 0.25) is 0 Å². The van der Waals surface area contributed by atoms with Crippen LogP contribution in [0, 0.1) is 0 Å². The molecule has 0 saturated carbocycles. The molecular weight excluding hydrogens is 517 g/mol. The first-order valence-electron chi connectivity index (χ1n) is 12.6.